The minimum absolute atomic E-state index is 0.0309. The number of hydrogen-bond donors (Lipinski definition) is 1. The number of carbonyl (C=O) groups is 1. The lowest BCUT2D eigenvalue weighted by Crippen LogP contribution is -2.39. The zero-order chi connectivity index (χ0) is 14.4. The van der Waals surface area contributed by atoms with Crippen molar-refractivity contribution in [2.45, 2.75) is 32.8 Å². The third-order valence-electron chi connectivity index (χ3n) is 3.74. The van der Waals surface area contributed by atoms with Crippen molar-refractivity contribution in [3.05, 3.63) is 29.8 Å². The number of aryl methyl sites for hydroxylation is 1. The molecule has 1 amide bonds. The lowest BCUT2D eigenvalue weighted by Gasteiger charge is -2.25. The number of amides is 1. The average Bonchev–Trinajstić information content (AvgIpc) is 2.99. The largest absolute Gasteiger partial charge is 0.370 e. The molecular formula is C16H24N2O2. The van der Waals surface area contributed by atoms with E-state index in [9.17, 15) is 4.79 Å². The zero-order valence-electron chi connectivity index (χ0n) is 12.4. The highest BCUT2D eigenvalue weighted by atomic mass is 16.5. The summed E-state index contributed by atoms with van der Waals surface area (Å²) in [5, 5.41) is 2.97. The summed E-state index contributed by atoms with van der Waals surface area (Å²) >= 11 is 0. The number of para-hydroxylation sites is 1. The molecule has 0 aromatic heterocycles. The van der Waals surface area contributed by atoms with Gasteiger partial charge in [0.2, 0.25) is 5.91 Å². The average molecular weight is 276 g/mol. The zero-order valence-corrected chi connectivity index (χ0v) is 12.4. The second kappa shape index (κ2) is 7.29. The van der Waals surface area contributed by atoms with E-state index in [-0.39, 0.29) is 12.0 Å². The number of carbonyl (C=O) groups excluding carboxylic acids is 1. The van der Waals surface area contributed by atoms with Crippen LogP contribution in [0.1, 0.15) is 25.3 Å². The van der Waals surface area contributed by atoms with Gasteiger partial charge < -0.3 is 15.0 Å². The molecule has 110 valence electrons. The summed E-state index contributed by atoms with van der Waals surface area (Å²) in [5.74, 6) is 0.0309. The molecular weight excluding hydrogens is 252 g/mol. The van der Waals surface area contributed by atoms with Crippen LogP contribution in [-0.2, 0) is 9.53 Å². The fraction of sp³-hybridized carbons (Fsp3) is 0.562. The third-order valence-corrected chi connectivity index (χ3v) is 3.74. The fourth-order valence-electron chi connectivity index (χ4n) is 2.58. The molecule has 1 unspecified atom stereocenters. The summed E-state index contributed by atoms with van der Waals surface area (Å²) in [5.41, 5.74) is 2.50. The molecule has 1 aromatic rings. The summed E-state index contributed by atoms with van der Waals surface area (Å²) in [6.07, 6.45) is 1.60. The second-order valence-corrected chi connectivity index (χ2v) is 5.16. The van der Waals surface area contributed by atoms with E-state index in [1.54, 1.807) is 0 Å². The van der Waals surface area contributed by atoms with E-state index in [0.717, 1.165) is 25.9 Å². The number of likely N-dealkylation sites (N-methyl/N-ethyl adjacent to an activating group) is 1. The second-order valence-electron chi connectivity index (χ2n) is 5.16. The van der Waals surface area contributed by atoms with E-state index < -0.39 is 0 Å². The van der Waals surface area contributed by atoms with Gasteiger partial charge in [0, 0.05) is 31.9 Å². The van der Waals surface area contributed by atoms with Crippen LogP contribution in [0.5, 0.6) is 0 Å². The summed E-state index contributed by atoms with van der Waals surface area (Å²) in [7, 11) is 0. The fourth-order valence-corrected chi connectivity index (χ4v) is 2.58. The van der Waals surface area contributed by atoms with Crippen molar-refractivity contribution in [2.24, 2.45) is 0 Å². The highest BCUT2D eigenvalue weighted by Crippen LogP contribution is 2.18. The molecule has 20 heavy (non-hydrogen) atoms. The van der Waals surface area contributed by atoms with Gasteiger partial charge in [0.25, 0.3) is 0 Å². The van der Waals surface area contributed by atoms with Gasteiger partial charge in [-0.2, -0.15) is 0 Å². The summed E-state index contributed by atoms with van der Waals surface area (Å²) in [4.78, 5) is 14.1. The molecule has 1 aromatic carbocycles. The van der Waals surface area contributed by atoms with E-state index in [0.29, 0.717) is 13.2 Å². The molecule has 1 aliphatic rings. The van der Waals surface area contributed by atoms with Crippen molar-refractivity contribution in [3.8, 4) is 0 Å². The van der Waals surface area contributed by atoms with Crippen molar-refractivity contribution in [1.82, 2.24) is 5.32 Å². The third kappa shape index (κ3) is 3.73. The molecule has 1 fully saturated rings. The van der Waals surface area contributed by atoms with Gasteiger partial charge >= 0.3 is 0 Å². The summed E-state index contributed by atoms with van der Waals surface area (Å²) in [6, 6.07) is 8.34. The number of benzene rings is 1. The molecule has 1 saturated heterocycles. The quantitative estimate of drug-likeness (QED) is 0.865. The van der Waals surface area contributed by atoms with Crippen LogP contribution < -0.4 is 10.2 Å². The SMILES string of the molecule is CCN(CCNC(=O)C1CCCO1)c1ccccc1C. The van der Waals surface area contributed by atoms with E-state index in [1.807, 2.05) is 6.07 Å². The van der Waals surface area contributed by atoms with Crippen LogP contribution in [0, 0.1) is 6.92 Å². The van der Waals surface area contributed by atoms with Crippen LogP contribution in [0.15, 0.2) is 24.3 Å². The van der Waals surface area contributed by atoms with Gasteiger partial charge in [0.05, 0.1) is 0 Å². The van der Waals surface area contributed by atoms with Gasteiger partial charge in [0.15, 0.2) is 0 Å². The number of anilines is 1. The van der Waals surface area contributed by atoms with Crippen LogP contribution >= 0.6 is 0 Å². The van der Waals surface area contributed by atoms with Crippen LogP contribution in [0.25, 0.3) is 0 Å². The Morgan fingerprint density at radius 3 is 2.90 bits per heavy atom. The normalized spacial score (nSPS) is 18.0. The first-order valence-corrected chi connectivity index (χ1v) is 7.42. The van der Waals surface area contributed by atoms with Gasteiger partial charge in [-0.25, -0.2) is 0 Å². The topological polar surface area (TPSA) is 41.6 Å². The molecule has 0 spiro atoms. The first-order chi connectivity index (χ1) is 9.72. The standard InChI is InChI=1S/C16H24N2O2/c1-3-18(14-8-5-4-7-13(14)2)11-10-17-16(19)15-9-6-12-20-15/h4-5,7-8,15H,3,6,9-12H2,1-2H3,(H,17,19). The Hall–Kier alpha value is -1.55. The predicted octanol–water partition coefficient (Wildman–Crippen LogP) is 2.12. The van der Waals surface area contributed by atoms with Crippen molar-refractivity contribution >= 4 is 11.6 Å². The van der Waals surface area contributed by atoms with Crippen molar-refractivity contribution < 1.29 is 9.53 Å². The van der Waals surface area contributed by atoms with Gasteiger partial charge in [-0.3, -0.25) is 4.79 Å². The first-order valence-electron chi connectivity index (χ1n) is 7.42. The van der Waals surface area contributed by atoms with Gasteiger partial charge in [-0.1, -0.05) is 18.2 Å². The Kier molecular flexibility index (Phi) is 5.41. The van der Waals surface area contributed by atoms with Crippen LogP contribution in [-0.4, -0.2) is 38.3 Å². The number of nitrogens with one attached hydrogen (secondary N) is 1. The number of rotatable bonds is 6. The Balaban J connectivity index is 1.82. The van der Waals surface area contributed by atoms with Gasteiger partial charge in [-0.05, 0) is 38.3 Å². The van der Waals surface area contributed by atoms with E-state index in [2.05, 4.69) is 42.3 Å². The van der Waals surface area contributed by atoms with Gasteiger partial charge in [-0.15, -0.1) is 0 Å². The number of hydrogen-bond acceptors (Lipinski definition) is 3. The Morgan fingerprint density at radius 2 is 2.25 bits per heavy atom. The molecule has 0 bridgehead atoms. The lowest BCUT2D eigenvalue weighted by atomic mass is 10.2. The van der Waals surface area contributed by atoms with Gasteiger partial charge in [0.1, 0.15) is 6.10 Å². The highest BCUT2D eigenvalue weighted by molar-refractivity contribution is 5.81. The van der Waals surface area contributed by atoms with Crippen molar-refractivity contribution in [3.63, 3.8) is 0 Å². The summed E-state index contributed by atoms with van der Waals surface area (Å²) < 4.78 is 5.38. The van der Waals surface area contributed by atoms with Crippen molar-refractivity contribution in [2.75, 3.05) is 31.1 Å². The molecule has 1 aliphatic heterocycles. The molecule has 0 saturated carbocycles. The molecule has 0 aliphatic carbocycles. The van der Waals surface area contributed by atoms with Crippen molar-refractivity contribution in [1.29, 1.82) is 0 Å². The van der Waals surface area contributed by atoms with Crippen LogP contribution in [0.4, 0.5) is 5.69 Å². The molecule has 0 radical (unpaired) electrons. The Labute approximate surface area is 121 Å². The maximum absolute atomic E-state index is 11.9. The Bertz CT molecular complexity index is 442. The predicted molar refractivity (Wildman–Crippen MR) is 81.0 cm³/mol. The molecule has 1 heterocycles. The van der Waals surface area contributed by atoms with Crippen LogP contribution in [0.2, 0.25) is 0 Å². The number of ether oxygens (including phenoxy) is 1. The number of nitrogens with zero attached hydrogens (tertiary/aromatic N) is 1. The molecule has 4 nitrogen and oxygen atoms in total. The van der Waals surface area contributed by atoms with Crippen LogP contribution in [0.3, 0.4) is 0 Å². The van der Waals surface area contributed by atoms with E-state index >= 15 is 0 Å². The minimum atomic E-state index is -0.233. The summed E-state index contributed by atoms with van der Waals surface area (Å²) in [6.45, 7) is 7.36. The van der Waals surface area contributed by atoms with E-state index in [4.69, 9.17) is 4.74 Å². The monoisotopic (exact) mass is 276 g/mol. The first kappa shape index (κ1) is 14.9. The van der Waals surface area contributed by atoms with E-state index in [1.165, 1.54) is 11.3 Å². The highest BCUT2D eigenvalue weighted by Gasteiger charge is 2.23. The molecule has 1 N–H and O–H groups in total. The maximum Gasteiger partial charge on any atom is 0.249 e. The molecule has 1 atom stereocenters. The Morgan fingerprint density at radius 1 is 1.45 bits per heavy atom. The minimum Gasteiger partial charge on any atom is -0.370 e. The molecule has 4 heteroatoms. The molecule has 2 rings (SSSR count). The lowest BCUT2D eigenvalue weighted by molar-refractivity contribution is -0.129. The maximum atomic E-state index is 11.9. The smallest absolute Gasteiger partial charge is 0.249 e.